The quantitative estimate of drug-likeness (QED) is 0.742. The van der Waals surface area contributed by atoms with Gasteiger partial charge in [-0.05, 0) is 18.7 Å². The maximum Gasteiger partial charge on any atom is 0.123 e. The van der Waals surface area contributed by atoms with Crippen LogP contribution in [0.4, 0.5) is 0 Å². The van der Waals surface area contributed by atoms with Gasteiger partial charge in [0, 0.05) is 25.2 Å². The summed E-state index contributed by atoms with van der Waals surface area (Å²) in [5.74, 6) is 0.831. The minimum atomic E-state index is 0.175. The van der Waals surface area contributed by atoms with Crippen LogP contribution in [0.15, 0.2) is 18.2 Å². The topological polar surface area (TPSA) is 58.7 Å². The predicted octanol–water partition coefficient (Wildman–Crippen LogP) is 0.578. The lowest BCUT2D eigenvalue weighted by molar-refractivity contribution is 0.217. The van der Waals surface area contributed by atoms with Crippen LogP contribution >= 0.6 is 0 Å². The molecule has 0 saturated heterocycles. The van der Waals surface area contributed by atoms with Gasteiger partial charge in [0.1, 0.15) is 5.75 Å². The summed E-state index contributed by atoms with van der Waals surface area (Å²) in [7, 11) is 3.62. The first-order valence-corrected chi connectivity index (χ1v) is 5.36. The zero-order valence-corrected chi connectivity index (χ0v) is 9.94. The monoisotopic (exact) mass is 224 g/mol. The van der Waals surface area contributed by atoms with E-state index in [4.69, 9.17) is 15.6 Å². The summed E-state index contributed by atoms with van der Waals surface area (Å²) in [4.78, 5) is 2.05. The average molecular weight is 224 g/mol. The maximum absolute atomic E-state index is 8.81. The zero-order valence-electron chi connectivity index (χ0n) is 9.94. The van der Waals surface area contributed by atoms with Crippen molar-refractivity contribution in [2.24, 2.45) is 5.73 Å². The second-order valence-corrected chi connectivity index (χ2v) is 3.81. The zero-order chi connectivity index (χ0) is 12.0. The third-order valence-electron chi connectivity index (χ3n) is 2.51. The molecule has 90 valence electrons. The van der Waals surface area contributed by atoms with Gasteiger partial charge >= 0.3 is 0 Å². The lowest BCUT2D eigenvalue weighted by Gasteiger charge is -2.16. The molecule has 0 fully saturated rings. The van der Waals surface area contributed by atoms with E-state index in [1.54, 1.807) is 7.11 Å². The molecule has 0 atom stereocenters. The number of rotatable bonds is 6. The van der Waals surface area contributed by atoms with E-state index in [2.05, 4.69) is 4.90 Å². The van der Waals surface area contributed by atoms with Gasteiger partial charge in [0.15, 0.2) is 0 Å². The molecule has 0 aliphatic heterocycles. The molecule has 0 spiro atoms. The third kappa shape index (κ3) is 3.48. The van der Waals surface area contributed by atoms with E-state index in [9.17, 15) is 0 Å². The van der Waals surface area contributed by atoms with Crippen LogP contribution in [-0.2, 0) is 13.1 Å². The van der Waals surface area contributed by atoms with Gasteiger partial charge in [-0.2, -0.15) is 0 Å². The second kappa shape index (κ2) is 6.48. The molecule has 0 radical (unpaired) electrons. The lowest BCUT2D eigenvalue weighted by Crippen LogP contribution is -2.21. The molecule has 0 unspecified atom stereocenters. The summed E-state index contributed by atoms with van der Waals surface area (Å²) in [6.45, 7) is 2.12. The molecule has 1 aromatic carbocycles. The number of likely N-dealkylation sites (N-methyl/N-ethyl adjacent to an activating group) is 1. The van der Waals surface area contributed by atoms with Gasteiger partial charge in [0.2, 0.25) is 0 Å². The van der Waals surface area contributed by atoms with Crippen LogP contribution in [-0.4, -0.2) is 37.3 Å². The minimum Gasteiger partial charge on any atom is -0.496 e. The molecule has 0 aliphatic rings. The van der Waals surface area contributed by atoms with Gasteiger partial charge in [-0.1, -0.05) is 12.1 Å². The summed E-state index contributed by atoms with van der Waals surface area (Å²) in [5.41, 5.74) is 7.77. The summed E-state index contributed by atoms with van der Waals surface area (Å²) >= 11 is 0. The molecule has 1 aromatic rings. The number of nitrogens with two attached hydrogens (primary N) is 1. The van der Waals surface area contributed by atoms with Crippen molar-refractivity contribution in [2.45, 2.75) is 13.1 Å². The van der Waals surface area contributed by atoms with Crippen LogP contribution < -0.4 is 10.5 Å². The molecular weight excluding hydrogens is 204 g/mol. The largest absolute Gasteiger partial charge is 0.496 e. The first-order chi connectivity index (χ1) is 7.71. The SMILES string of the molecule is COc1cc(CN(C)CCO)ccc1CN. The van der Waals surface area contributed by atoms with Crippen LogP contribution in [0.5, 0.6) is 5.75 Å². The van der Waals surface area contributed by atoms with E-state index in [1.807, 2.05) is 25.2 Å². The van der Waals surface area contributed by atoms with Gasteiger partial charge in [-0.25, -0.2) is 0 Å². The molecular formula is C12H20N2O2. The molecule has 0 aromatic heterocycles. The van der Waals surface area contributed by atoms with Gasteiger partial charge in [-0.15, -0.1) is 0 Å². The van der Waals surface area contributed by atoms with Gasteiger partial charge in [0.25, 0.3) is 0 Å². The van der Waals surface area contributed by atoms with E-state index in [1.165, 1.54) is 0 Å². The van der Waals surface area contributed by atoms with Crippen LogP contribution in [0, 0.1) is 0 Å². The lowest BCUT2D eigenvalue weighted by atomic mass is 10.1. The third-order valence-corrected chi connectivity index (χ3v) is 2.51. The highest BCUT2D eigenvalue weighted by Gasteiger charge is 2.04. The standard InChI is InChI=1S/C12H20N2O2/c1-14(5-6-15)9-10-3-4-11(8-13)12(7-10)16-2/h3-4,7,15H,5-6,8-9,13H2,1-2H3. The van der Waals surface area contributed by atoms with Crippen molar-refractivity contribution in [2.75, 3.05) is 27.3 Å². The van der Waals surface area contributed by atoms with Gasteiger partial charge in [0.05, 0.1) is 13.7 Å². The highest BCUT2D eigenvalue weighted by atomic mass is 16.5. The van der Waals surface area contributed by atoms with Crippen molar-refractivity contribution >= 4 is 0 Å². The number of ether oxygens (including phenoxy) is 1. The Hall–Kier alpha value is -1.10. The Labute approximate surface area is 96.6 Å². The molecule has 0 amide bonds. The minimum absolute atomic E-state index is 0.175. The fraction of sp³-hybridized carbons (Fsp3) is 0.500. The van der Waals surface area contributed by atoms with E-state index >= 15 is 0 Å². The van der Waals surface area contributed by atoms with Gasteiger partial charge < -0.3 is 15.6 Å². The number of hydrogen-bond donors (Lipinski definition) is 2. The summed E-state index contributed by atoms with van der Waals surface area (Å²) in [5, 5.41) is 8.81. The Kier molecular flexibility index (Phi) is 5.25. The first-order valence-electron chi connectivity index (χ1n) is 5.36. The van der Waals surface area contributed by atoms with E-state index in [0.29, 0.717) is 13.1 Å². The molecule has 0 bridgehead atoms. The number of benzene rings is 1. The fourth-order valence-electron chi connectivity index (χ4n) is 1.62. The molecule has 0 saturated carbocycles. The second-order valence-electron chi connectivity index (χ2n) is 3.81. The molecule has 4 heteroatoms. The summed E-state index contributed by atoms with van der Waals surface area (Å²) in [6, 6.07) is 6.02. The molecule has 4 nitrogen and oxygen atoms in total. The van der Waals surface area contributed by atoms with Crippen molar-refractivity contribution < 1.29 is 9.84 Å². The van der Waals surface area contributed by atoms with Crippen molar-refractivity contribution in [1.29, 1.82) is 0 Å². The Morgan fingerprint density at radius 1 is 1.44 bits per heavy atom. The first kappa shape index (κ1) is 13.0. The van der Waals surface area contributed by atoms with Crippen LogP contribution in [0.2, 0.25) is 0 Å². The highest BCUT2D eigenvalue weighted by Crippen LogP contribution is 2.20. The van der Waals surface area contributed by atoms with Crippen LogP contribution in [0.3, 0.4) is 0 Å². The summed E-state index contributed by atoms with van der Waals surface area (Å²) in [6.07, 6.45) is 0. The number of aliphatic hydroxyl groups is 1. The van der Waals surface area contributed by atoms with E-state index in [0.717, 1.165) is 23.4 Å². The smallest absolute Gasteiger partial charge is 0.123 e. The number of aliphatic hydroxyl groups excluding tert-OH is 1. The Morgan fingerprint density at radius 3 is 2.75 bits per heavy atom. The number of hydrogen-bond acceptors (Lipinski definition) is 4. The van der Waals surface area contributed by atoms with Crippen LogP contribution in [0.1, 0.15) is 11.1 Å². The van der Waals surface area contributed by atoms with Gasteiger partial charge in [-0.3, -0.25) is 4.90 Å². The molecule has 0 aliphatic carbocycles. The van der Waals surface area contributed by atoms with Crippen LogP contribution in [0.25, 0.3) is 0 Å². The van der Waals surface area contributed by atoms with Crippen molar-refractivity contribution in [3.63, 3.8) is 0 Å². The van der Waals surface area contributed by atoms with Crippen molar-refractivity contribution in [1.82, 2.24) is 4.90 Å². The summed E-state index contributed by atoms with van der Waals surface area (Å²) < 4.78 is 5.27. The number of methoxy groups -OCH3 is 1. The maximum atomic E-state index is 8.81. The average Bonchev–Trinajstić information content (AvgIpc) is 2.29. The Morgan fingerprint density at radius 2 is 2.19 bits per heavy atom. The van der Waals surface area contributed by atoms with E-state index < -0.39 is 0 Å². The molecule has 1 rings (SSSR count). The Balaban J connectivity index is 2.74. The predicted molar refractivity (Wildman–Crippen MR) is 64.3 cm³/mol. The van der Waals surface area contributed by atoms with Crippen molar-refractivity contribution in [3.8, 4) is 5.75 Å². The molecule has 3 N–H and O–H groups in total. The highest BCUT2D eigenvalue weighted by molar-refractivity contribution is 5.37. The molecule has 0 heterocycles. The number of nitrogens with zero attached hydrogens (tertiary/aromatic N) is 1. The fourth-order valence-corrected chi connectivity index (χ4v) is 1.62. The van der Waals surface area contributed by atoms with E-state index in [-0.39, 0.29) is 6.61 Å². The van der Waals surface area contributed by atoms with Crippen molar-refractivity contribution in [3.05, 3.63) is 29.3 Å². The normalized spacial score (nSPS) is 10.8. The molecule has 16 heavy (non-hydrogen) atoms. The Bertz CT molecular complexity index is 329.